The minimum Gasteiger partial charge on any atom is -0.305 e. The topological polar surface area (TPSA) is 34.0 Å². The second-order valence-corrected chi connectivity index (χ2v) is 11.7. The number of likely N-dealkylation sites (tertiary alicyclic amines) is 1. The van der Waals surface area contributed by atoms with Gasteiger partial charge in [0.1, 0.15) is 0 Å². The van der Waals surface area contributed by atoms with Gasteiger partial charge in [0.15, 0.2) is 11.0 Å². The molecule has 5 rings (SSSR count). The molecule has 8 heteroatoms. The largest absolute Gasteiger partial charge is 0.305 e. The first-order valence-electron chi connectivity index (χ1n) is 9.81. The molecule has 0 N–H and O–H groups in total. The highest BCUT2D eigenvalue weighted by atomic mass is 79.9. The van der Waals surface area contributed by atoms with Gasteiger partial charge in [0, 0.05) is 35.8 Å². The van der Waals surface area contributed by atoms with Gasteiger partial charge in [-0.15, -0.1) is 21.5 Å². The van der Waals surface area contributed by atoms with E-state index >= 15 is 0 Å². The fourth-order valence-corrected chi connectivity index (χ4v) is 6.69. The van der Waals surface area contributed by atoms with Crippen molar-refractivity contribution in [1.29, 1.82) is 0 Å². The summed E-state index contributed by atoms with van der Waals surface area (Å²) < 4.78 is 4.01. The number of fused-ring (bicyclic) bond motifs is 1. The lowest BCUT2D eigenvalue weighted by molar-refractivity contribution is 0.299. The number of piperidine rings is 1. The van der Waals surface area contributed by atoms with E-state index in [9.17, 15) is 0 Å². The van der Waals surface area contributed by atoms with Crippen molar-refractivity contribution in [3.8, 4) is 10.7 Å². The Labute approximate surface area is 192 Å². The lowest BCUT2D eigenvalue weighted by Gasteiger charge is -2.21. The molecule has 3 heterocycles. The third-order valence-electron chi connectivity index (χ3n) is 6.11. The minimum atomic E-state index is 0.425. The van der Waals surface area contributed by atoms with Crippen molar-refractivity contribution in [3.63, 3.8) is 0 Å². The number of hydrogen-bond donors (Lipinski definition) is 0. The summed E-state index contributed by atoms with van der Waals surface area (Å²) in [5.41, 5.74) is 1.94. The van der Waals surface area contributed by atoms with Crippen LogP contribution >= 0.6 is 50.6 Å². The van der Waals surface area contributed by atoms with Gasteiger partial charge in [-0.2, -0.15) is 0 Å². The van der Waals surface area contributed by atoms with Crippen LogP contribution in [-0.2, 0) is 12.5 Å². The first-order valence-corrected chi connectivity index (χ1v) is 12.8. The standard InChI is InChI=1S/C21H22BrClN4S2/c1-26-19(17-7-8-18(23)29-17)24-25-20(26)28-10-2-9-27-12-15-11-21(15,13-27)14-3-5-16(22)6-4-14/h3-8,15H,2,9-13H2,1H3. The molecular formula is C21H22BrClN4S2. The van der Waals surface area contributed by atoms with Crippen LogP contribution < -0.4 is 0 Å². The molecule has 0 radical (unpaired) electrons. The number of rotatable bonds is 7. The molecule has 1 aromatic carbocycles. The Balaban J connectivity index is 1.12. The average molecular weight is 510 g/mol. The van der Waals surface area contributed by atoms with Gasteiger partial charge in [-0.1, -0.05) is 51.4 Å². The van der Waals surface area contributed by atoms with E-state index in [-0.39, 0.29) is 0 Å². The number of halogens is 2. The van der Waals surface area contributed by atoms with Gasteiger partial charge in [0.05, 0.1) is 9.21 Å². The smallest absolute Gasteiger partial charge is 0.191 e. The third-order valence-corrected chi connectivity index (χ3v) is 8.98. The van der Waals surface area contributed by atoms with Crippen LogP contribution in [0, 0.1) is 5.92 Å². The van der Waals surface area contributed by atoms with Crippen molar-refractivity contribution in [1.82, 2.24) is 19.7 Å². The van der Waals surface area contributed by atoms with Gasteiger partial charge in [-0.05, 0) is 55.1 Å². The molecule has 1 aliphatic carbocycles. The van der Waals surface area contributed by atoms with Crippen LogP contribution in [0.1, 0.15) is 18.4 Å². The van der Waals surface area contributed by atoms with Crippen molar-refractivity contribution in [2.75, 3.05) is 25.4 Å². The molecule has 2 fully saturated rings. The zero-order chi connectivity index (χ0) is 20.0. The zero-order valence-corrected chi connectivity index (χ0v) is 20.1. The SMILES string of the molecule is Cn1c(SCCCN2CC3CC3(c3ccc(Br)cc3)C2)nnc1-c1ccc(Cl)s1. The number of thiophene rings is 1. The van der Waals surface area contributed by atoms with Crippen LogP contribution in [0.4, 0.5) is 0 Å². The van der Waals surface area contributed by atoms with Crippen molar-refractivity contribution in [2.24, 2.45) is 13.0 Å². The van der Waals surface area contributed by atoms with Crippen LogP contribution in [0.2, 0.25) is 4.34 Å². The van der Waals surface area contributed by atoms with E-state index < -0.39 is 0 Å². The second kappa shape index (κ2) is 8.00. The average Bonchev–Trinajstić information content (AvgIpc) is 3.03. The predicted molar refractivity (Wildman–Crippen MR) is 125 cm³/mol. The van der Waals surface area contributed by atoms with Gasteiger partial charge in [0.2, 0.25) is 0 Å². The van der Waals surface area contributed by atoms with Crippen molar-refractivity contribution in [3.05, 3.63) is 50.8 Å². The molecule has 1 saturated heterocycles. The lowest BCUT2D eigenvalue weighted by atomic mass is 9.95. The van der Waals surface area contributed by atoms with E-state index in [2.05, 4.69) is 59.9 Å². The highest BCUT2D eigenvalue weighted by Crippen LogP contribution is 2.59. The zero-order valence-electron chi connectivity index (χ0n) is 16.1. The Morgan fingerprint density at radius 3 is 2.83 bits per heavy atom. The van der Waals surface area contributed by atoms with Gasteiger partial charge >= 0.3 is 0 Å². The fraction of sp³-hybridized carbons (Fsp3) is 0.429. The Morgan fingerprint density at radius 1 is 1.24 bits per heavy atom. The Morgan fingerprint density at radius 2 is 2.07 bits per heavy atom. The molecule has 1 aliphatic heterocycles. The van der Waals surface area contributed by atoms with Crippen LogP contribution in [0.3, 0.4) is 0 Å². The normalized spacial score (nSPS) is 23.5. The minimum absolute atomic E-state index is 0.425. The van der Waals surface area contributed by atoms with Crippen molar-refractivity contribution in [2.45, 2.75) is 23.4 Å². The maximum atomic E-state index is 6.05. The lowest BCUT2D eigenvalue weighted by Crippen LogP contribution is -2.27. The molecule has 2 aromatic heterocycles. The van der Waals surface area contributed by atoms with Gasteiger partial charge < -0.3 is 9.47 Å². The van der Waals surface area contributed by atoms with E-state index in [1.807, 2.05) is 19.2 Å². The summed E-state index contributed by atoms with van der Waals surface area (Å²) in [5.74, 6) is 2.79. The molecule has 1 saturated carbocycles. The number of benzene rings is 1. The summed E-state index contributed by atoms with van der Waals surface area (Å²) in [6.45, 7) is 3.61. The summed E-state index contributed by atoms with van der Waals surface area (Å²) in [6, 6.07) is 12.9. The molecule has 152 valence electrons. The number of hydrogen-bond acceptors (Lipinski definition) is 5. The van der Waals surface area contributed by atoms with E-state index in [0.717, 1.165) is 42.9 Å². The molecule has 0 amide bonds. The highest BCUT2D eigenvalue weighted by molar-refractivity contribution is 9.10. The summed E-state index contributed by atoms with van der Waals surface area (Å²) in [4.78, 5) is 3.71. The van der Waals surface area contributed by atoms with Gasteiger partial charge in [-0.3, -0.25) is 0 Å². The quantitative estimate of drug-likeness (QED) is 0.301. The summed E-state index contributed by atoms with van der Waals surface area (Å²) in [7, 11) is 2.03. The van der Waals surface area contributed by atoms with Crippen LogP contribution in [0.25, 0.3) is 10.7 Å². The van der Waals surface area contributed by atoms with Crippen LogP contribution in [0.5, 0.6) is 0 Å². The Bertz CT molecular complexity index is 1020. The molecule has 29 heavy (non-hydrogen) atoms. The molecule has 4 nitrogen and oxygen atoms in total. The first kappa shape index (κ1) is 20.1. The molecule has 0 bridgehead atoms. The Hall–Kier alpha value is -0.860. The maximum Gasteiger partial charge on any atom is 0.191 e. The highest BCUT2D eigenvalue weighted by Gasteiger charge is 2.60. The molecule has 2 atom stereocenters. The molecule has 3 aromatic rings. The summed E-state index contributed by atoms with van der Waals surface area (Å²) in [5, 5.41) is 9.69. The third kappa shape index (κ3) is 3.92. The molecule has 2 aliphatic rings. The number of nitrogens with zero attached hydrogens (tertiary/aromatic N) is 4. The number of thioether (sulfide) groups is 1. The first-order chi connectivity index (χ1) is 14.0. The van der Waals surface area contributed by atoms with Crippen LogP contribution in [0.15, 0.2) is 46.0 Å². The monoisotopic (exact) mass is 508 g/mol. The van der Waals surface area contributed by atoms with Gasteiger partial charge in [0.25, 0.3) is 0 Å². The molecular weight excluding hydrogens is 488 g/mol. The molecule has 2 unspecified atom stereocenters. The summed E-state index contributed by atoms with van der Waals surface area (Å²) >= 11 is 12.9. The second-order valence-electron chi connectivity index (χ2n) is 7.97. The fourth-order valence-electron chi connectivity index (χ4n) is 4.53. The van der Waals surface area contributed by atoms with E-state index in [1.54, 1.807) is 11.8 Å². The van der Waals surface area contributed by atoms with Gasteiger partial charge in [-0.25, -0.2) is 0 Å². The summed E-state index contributed by atoms with van der Waals surface area (Å²) in [6.07, 6.45) is 2.52. The Kier molecular flexibility index (Phi) is 5.54. The van der Waals surface area contributed by atoms with E-state index in [1.165, 1.54) is 42.8 Å². The van der Waals surface area contributed by atoms with E-state index in [4.69, 9.17) is 11.6 Å². The van der Waals surface area contributed by atoms with Crippen LogP contribution in [-0.4, -0.2) is 45.1 Å². The number of aromatic nitrogens is 3. The van der Waals surface area contributed by atoms with E-state index in [0.29, 0.717) is 5.41 Å². The predicted octanol–water partition coefficient (Wildman–Crippen LogP) is 5.72. The van der Waals surface area contributed by atoms with Crippen molar-refractivity contribution >= 4 is 50.6 Å². The van der Waals surface area contributed by atoms with Crippen molar-refractivity contribution < 1.29 is 0 Å². The maximum absolute atomic E-state index is 6.05. The molecule has 0 spiro atoms.